The minimum absolute atomic E-state index is 0.0687. The van der Waals surface area contributed by atoms with Crippen molar-refractivity contribution < 1.29 is 14.9 Å². The molecule has 6 nitrogen and oxygen atoms in total. The lowest BCUT2D eigenvalue weighted by Crippen LogP contribution is -2.00. The normalized spacial score (nSPS) is 11.6. The van der Waals surface area contributed by atoms with Gasteiger partial charge in [0.1, 0.15) is 11.5 Å². The van der Waals surface area contributed by atoms with Crippen LogP contribution in [0.4, 0.5) is 0 Å². The van der Waals surface area contributed by atoms with Gasteiger partial charge in [-0.05, 0) is 11.6 Å². The summed E-state index contributed by atoms with van der Waals surface area (Å²) in [5, 5.41) is 21.9. The predicted octanol–water partition coefficient (Wildman–Crippen LogP) is 1.74. The van der Waals surface area contributed by atoms with E-state index in [1.807, 2.05) is 0 Å². The lowest BCUT2D eigenvalue weighted by Gasteiger charge is -2.11. The van der Waals surface area contributed by atoms with Gasteiger partial charge in [0.2, 0.25) is 0 Å². The van der Waals surface area contributed by atoms with E-state index in [0.29, 0.717) is 11.3 Å². The first-order valence-electron chi connectivity index (χ1n) is 4.25. The monoisotopic (exact) mass is 209 g/mol. The molecule has 15 heavy (non-hydrogen) atoms. The maximum atomic E-state index is 9.58. The zero-order valence-corrected chi connectivity index (χ0v) is 8.16. The van der Waals surface area contributed by atoms with Gasteiger partial charge in [0.15, 0.2) is 0 Å². The quantitative estimate of drug-likeness (QED) is 0.448. The molecule has 0 aromatic heterocycles. The fraction of sp³-hybridized carbons (Fsp3) is 0.333. The Hall–Kier alpha value is -1.91. The van der Waals surface area contributed by atoms with Crippen LogP contribution in [0.5, 0.6) is 11.5 Å². The number of nitrogens with zero attached hydrogens (tertiary/aromatic N) is 3. The SMILES string of the molecule is COc1ccc(C(CO)N=[N+]=[N-])c(O)c1. The first kappa shape index (κ1) is 11.2. The topological polar surface area (TPSA) is 98.5 Å². The van der Waals surface area contributed by atoms with E-state index < -0.39 is 6.04 Å². The van der Waals surface area contributed by atoms with Crippen molar-refractivity contribution in [1.82, 2.24) is 0 Å². The number of hydrogen-bond donors (Lipinski definition) is 2. The molecule has 0 heterocycles. The molecule has 1 unspecified atom stereocenters. The number of phenolic OH excluding ortho intramolecular Hbond substituents is 1. The molecule has 0 amide bonds. The molecule has 1 atom stereocenters. The van der Waals surface area contributed by atoms with Crippen LogP contribution in [0.1, 0.15) is 11.6 Å². The van der Waals surface area contributed by atoms with Crippen LogP contribution in [0.15, 0.2) is 23.3 Å². The lowest BCUT2D eigenvalue weighted by atomic mass is 10.1. The van der Waals surface area contributed by atoms with Gasteiger partial charge < -0.3 is 14.9 Å². The molecule has 0 spiro atoms. The van der Waals surface area contributed by atoms with Crippen molar-refractivity contribution in [1.29, 1.82) is 0 Å². The van der Waals surface area contributed by atoms with Gasteiger partial charge in [-0.2, -0.15) is 0 Å². The Morgan fingerprint density at radius 1 is 1.60 bits per heavy atom. The number of aliphatic hydroxyl groups excluding tert-OH is 1. The van der Waals surface area contributed by atoms with E-state index in [0.717, 1.165) is 0 Å². The van der Waals surface area contributed by atoms with Crippen molar-refractivity contribution in [3.8, 4) is 11.5 Å². The van der Waals surface area contributed by atoms with Crippen LogP contribution in [-0.4, -0.2) is 23.9 Å². The molecule has 1 aromatic rings. The van der Waals surface area contributed by atoms with Crippen LogP contribution < -0.4 is 4.74 Å². The second kappa shape index (κ2) is 5.09. The van der Waals surface area contributed by atoms with Crippen molar-refractivity contribution in [2.24, 2.45) is 5.11 Å². The van der Waals surface area contributed by atoms with Gasteiger partial charge in [-0.1, -0.05) is 11.2 Å². The second-order valence-corrected chi connectivity index (χ2v) is 2.83. The third-order valence-electron chi connectivity index (χ3n) is 1.96. The lowest BCUT2D eigenvalue weighted by molar-refractivity contribution is 0.265. The molecule has 1 rings (SSSR count). The predicted molar refractivity (Wildman–Crippen MR) is 53.6 cm³/mol. The van der Waals surface area contributed by atoms with E-state index in [-0.39, 0.29) is 12.4 Å². The number of ether oxygens (including phenoxy) is 1. The molecule has 6 heteroatoms. The highest BCUT2D eigenvalue weighted by Gasteiger charge is 2.13. The highest BCUT2D eigenvalue weighted by molar-refractivity contribution is 5.41. The van der Waals surface area contributed by atoms with Crippen LogP contribution in [0.2, 0.25) is 0 Å². The van der Waals surface area contributed by atoms with Crippen molar-refractivity contribution in [2.75, 3.05) is 13.7 Å². The largest absolute Gasteiger partial charge is 0.508 e. The standard InChI is InChI=1S/C9H11N3O3/c1-15-6-2-3-7(9(14)4-6)8(5-13)11-12-10/h2-4,8,13-14H,5H2,1H3. The van der Waals surface area contributed by atoms with Crippen LogP contribution in [0.3, 0.4) is 0 Å². The molecule has 1 aromatic carbocycles. The van der Waals surface area contributed by atoms with Crippen LogP contribution in [-0.2, 0) is 0 Å². The van der Waals surface area contributed by atoms with E-state index in [4.69, 9.17) is 15.4 Å². The number of benzene rings is 1. The minimum Gasteiger partial charge on any atom is -0.508 e. The van der Waals surface area contributed by atoms with Gasteiger partial charge in [-0.25, -0.2) is 0 Å². The Bertz CT molecular complexity index is 388. The Morgan fingerprint density at radius 3 is 2.80 bits per heavy atom. The fourth-order valence-corrected chi connectivity index (χ4v) is 1.19. The molecule has 0 aliphatic heterocycles. The number of aliphatic hydroxyl groups is 1. The number of hydrogen-bond acceptors (Lipinski definition) is 4. The molecule has 0 bridgehead atoms. The highest BCUT2D eigenvalue weighted by Crippen LogP contribution is 2.30. The molecule has 80 valence electrons. The molecule has 0 fully saturated rings. The van der Waals surface area contributed by atoms with E-state index in [2.05, 4.69) is 10.0 Å². The second-order valence-electron chi connectivity index (χ2n) is 2.83. The number of phenols is 1. The maximum Gasteiger partial charge on any atom is 0.122 e. The summed E-state index contributed by atoms with van der Waals surface area (Å²) in [7, 11) is 1.48. The molecule has 2 N–H and O–H groups in total. The zero-order chi connectivity index (χ0) is 11.3. The summed E-state index contributed by atoms with van der Waals surface area (Å²) in [6, 6.07) is 3.78. The summed E-state index contributed by atoms with van der Waals surface area (Å²) < 4.78 is 4.90. The minimum atomic E-state index is -0.777. The average molecular weight is 209 g/mol. The molecular formula is C9H11N3O3. The Morgan fingerprint density at radius 2 is 2.33 bits per heavy atom. The molecular weight excluding hydrogens is 198 g/mol. The number of rotatable bonds is 4. The van der Waals surface area contributed by atoms with Crippen LogP contribution in [0.25, 0.3) is 10.4 Å². The first-order chi connectivity index (χ1) is 7.22. The summed E-state index contributed by atoms with van der Waals surface area (Å²) in [5.41, 5.74) is 8.63. The molecule has 0 saturated heterocycles. The molecule has 0 aliphatic carbocycles. The van der Waals surface area contributed by atoms with E-state index in [1.54, 1.807) is 12.1 Å². The average Bonchev–Trinajstić information content (AvgIpc) is 2.26. The van der Waals surface area contributed by atoms with Gasteiger partial charge in [0.25, 0.3) is 0 Å². The molecule has 0 radical (unpaired) electrons. The third-order valence-corrected chi connectivity index (χ3v) is 1.96. The molecule has 0 aliphatic rings. The number of methoxy groups -OCH3 is 1. The first-order valence-corrected chi connectivity index (χ1v) is 4.25. The summed E-state index contributed by atoms with van der Waals surface area (Å²) in [6.07, 6.45) is 0. The smallest absolute Gasteiger partial charge is 0.122 e. The summed E-state index contributed by atoms with van der Waals surface area (Å²) in [5.74, 6) is 0.426. The van der Waals surface area contributed by atoms with Gasteiger partial charge >= 0.3 is 0 Å². The Labute approximate surface area is 86.4 Å². The van der Waals surface area contributed by atoms with Crippen LogP contribution in [0, 0.1) is 0 Å². The van der Waals surface area contributed by atoms with Crippen molar-refractivity contribution in [3.63, 3.8) is 0 Å². The van der Waals surface area contributed by atoms with Crippen molar-refractivity contribution in [2.45, 2.75) is 6.04 Å². The van der Waals surface area contributed by atoms with Gasteiger partial charge in [0.05, 0.1) is 19.8 Å². The van der Waals surface area contributed by atoms with Crippen molar-refractivity contribution in [3.05, 3.63) is 34.2 Å². The van der Waals surface area contributed by atoms with Gasteiger partial charge in [0, 0.05) is 16.5 Å². The number of aromatic hydroxyl groups is 1. The highest BCUT2D eigenvalue weighted by atomic mass is 16.5. The van der Waals surface area contributed by atoms with Gasteiger partial charge in [-0.3, -0.25) is 0 Å². The van der Waals surface area contributed by atoms with E-state index in [1.165, 1.54) is 13.2 Å². The Kier molecular flexibility index (Phi) is 3.79. The van der Waals surface area contributed by atoms with E-state index >= 15 is 0 Å². The van der Waals surface area contributed by atoms with E-state index in [9.17, 15) is 5.11 Å². The van der Waals surface area contributed by atoms with Crippen LogP contribution >= 0.6 is 0 Å². The third kappa shape index (κ3) is 2.52. The fourth-order valence-electron chi connectivity index (χ4n) is 1.19. The zero-order valence-electron chi connectivity index (χ0n) is 8.16. The van der Waals surface area contributed by atoms with Gasteiger partial charge in [-0.15, -0.1) is 0 Å². The summed E-state index contributed by atoms with van der Waals surface area (Å²) >= 11 is 0. The summed E-state index contributed by atoms with van der Waals surface area (Å²) in [6.45, 7) is -0.357. The Balaban J connectivity index is 3.08. The van der Waals surface area contributed by atoms with Crippen molar-refractivity contribution >= 4 is 0 Å². The maximum absolute atomic E-state index is 9.58. The molecule has 0 saturated carbocycles. The number of azide groups is 1. The summed E-state index contributed by atoms with van der Waals surface area (Å²) in [4.78, 5) is 2.59.